The fourth-order valence-electron chi connectivity index (χ4n) is 3.87. The van der Waals surface area contributed by atoms with Gasteiger partial charge < -0.3 is 0 Å². The first-order valence-electron chi connectivity index (χ1n) is 9.72. The van der Waals surface area contributed by atoms with Crippen molar-refractivity contribution in [2.75, 3.05) is 32.8 Å². The molecule has 33 heavy (non-hydrogen) atoms. The summed E-state index contributed by atoms with van der Waals surface area (Å²) in [6.45, 7) is 0.100. The quantitative estimate of drug-likeness (QED) is 0.337. The van der Waals surface area contributed by atoms with Crippen molar-refractivity contribution in [3.63, 3.8) is 0 Å². The van der Waals surface area contributed by atoms with Crippen LogP contribution in [0.3, 0.4) is 0 Å². The molecule has 2 amide bonds. The van der Waals surface area contributed by atoms with Crippen molar-refractivity contribution in [1.82, 2.24) is 14.1 Å². The van der Waals surface area contributed by atoms with Crippen molar-refractivity contribution in [2.45, 2.75) is 4.90 Å². The number of piperazine rings is 1. The van der Waals surface area contributed by atoms with Crippen LogP contribution in [0.5, 0.6) is 0 Å². The van der Waals surface area contributed by atoms with Crippen LogP contribution in [-0.2, 0) is 10.0 Å². The molecule has 2 aromatic rings. The number of fused-ring (bicyclic) bond motifs is 1. The van der Waals surface area contributed by atoms with Gasteiger partial charge in [0.05, 0.1) is 22.1 Å². The standard InChI is InChI=1S/C19H17N5O8S/c25-18-13-4-3-6-15(24(29)30)17(13)19(26)22(18)12-20-8-10-21(11-9-20)33(31,32)16-7-2-1-5-14(16)23(27)28/h1-7H,8-12H2. The number of rotatable bonds is 6. The van der Waals surface area contributed by atoms with Crippen LogP contribution in [0, 0.1) is 20.2 Å². The number of hydrogen-bond acceptors (Lipinski definition) is 9. The van der Waals surface area contributed by atoms with Gasteiger partial charge in [-0.05, 0) is 12.1 Å². The van der Waals surface area contributed by atoms with Crippen LogP contribution in [0.4, 0.5) is 11.4 Å². The molecule has 0 N–H and O–H groups in total. The van der Waals surface area contributed by atoms with E-state index in [-0.39, 0.29) is 44.0 Å². The molecule has 2 heterocycles. The van der Waals surface area contributed by atoms with E-state index in [2.05, 4.69) is 0 Å². The first kappa shape index (κ1) is 22.4. The van der Waals surface area contributed by atoms with E-state index < -0.39 is 48.0 Å². The number of carbonyl (C=O) groups excluding carboxylic acids is 2. The Morgan fingerprint density at radius 1 is 0.818 bits per heavy atom. The van der Waals surface area contributed by atoms with E-state index in [1.807, 2.05) is 0 Å². The zero-order valence-corrected chi connectivity index (χ0v) is 17.8. The molecule has 2 aromatic carbocycles. The van der Waals surface area contributed by atoms with E-state index in [0.717, 1.165) is 21.3 Å². The molecular weight excluding hydrogens is 458 g/mol. The van der Waals surface area contributed by atoms with E-state index in [1.54, 1.807) is 4.90 Å². The molecule has 0 unspecified atom stereocenters. The summed E-state index contributed by atoms with van der Waals surface area (Å²) in [6.07, 6.45) is 0. The fraction of sp³-hybridized carbons (Fsp3) is 0.263. The van der Waals surface area contributed by atoms with Crippen molar-refractivity contribution >= 4 is 33.2 Å². The average molecular weight is 475 g/mol. The van der Waals surface area contributed by atoms with Gasteiger partial charge in [0.1, 0.15) is 5.56 Å². The normalized spacial score (nSPS) is 17.3. The van der Waals surface area contributed by atoms with Gasteiger partial charge in [0.25, 0.3) is 23.2 Å². The van der Waals surface area contributed by atoms with Crippen LogP contribution >= 0.6 is 0 Å². The molecule has 2 aliphatic heterocycles. The minimum absolute atomic E-state index is 0.0162. The summed E-state index contributed by atoms with van der Waals surface area (Å²) in [7, 11) is -4.13. The molecule has 4 rings (SSSR count). The Kier molecular flexibility index (Phi) is 5.65. The van der Waals surface area contributed by atoms with Gasteiger partial charge in [0, 0.05) is 38.3 Å². The lowest BCUT2D eigenvalue weighted by Gasteiger charge is -2.35. The second kappa shape index (κ2) is 8.31. The third kappa shape index (κ3) is 3.83. The maximum Gasteiger partial charge on any atom is 0.289 e. The van der Waals surface area contributed by atoms with Crippen molar-refractivity contribution in [1.29, 1.82) is 0 Å². The maximum absolute atomic E-state index is 12.9. The Hall–Kier alpha value is -3.75. The lowest BCUT2D eigenvalue weighted by molar-refractivity contribution is -0.387. The van der Waals surface area contributed by atoms with Gasteiger partial charge in [-0.1, -0.05) is 18.2 Å². The average Bonchev–Trinajstić information content (AvgIpc) is 3.04. The summed E-state index contributed by atoms with van der Waals surface area (Å²) < 4.78 is 27.0. The summed E-state index contributed by atoms with van der Waals surface area (Å²) in [5, 5.41) is 22.5. The summed E-state index contributed by atoms with van der Waals surface area (Å²) in [5.74, 6) is -1.44. The number of nitro benzene ring substituents is 2. The SMILES string of the molecule is O=C1c2cccc([N+](=O)[O-])c2C(=O)N1CN1CCN(S(=O)(=O)c2ccccc2[N+](=O)[O-])CC1. The molecular formula is C19H17N5O8S. The van der Waals surface area contributed by atoms with E-state index in [1.165, 1.54) is 30.3 Å². The number of nitrogens with zero attached hydrogens (tertiary/aromatic N) is 5. The van der Waals surface area contributed by atoms with Crippen LogP contribution in [0.2, 0.25) is 0 Å². The summed E-state index contributed by atoms with van der Waals surface area (Å²) in [5.41, 5.74) is -1.28. The van der Waals surface area contributed by atoms with Gasteiger partial charge in [0.15, 0.2) is 4.90 Å². The molecule has 0 saturated carbocycles. The minimum Gasteiger partial charge on any atom is -0.283 e. The van der Waals surface area contributed by atoms with E-state index in [9.17, 15) is 38.2 Å². The fourth-order valence-corrected chi connectivity index (χ4v) is 5.45. The highest BCUT2D eigenvalue weighted by Gasteiger charge is 2.42. The number of benzene rings is 2. The van der Waals surface area contributed by atoms with Gasteiger partial charge in [-0.25, -0.2) is 8.42 Å². The Balaban J connectivity index is 1.47. The highest BCUT2D eigenvalue weighted by atomic mass is 32.2. The highest BCUT2D eigenvalue weighted by molar-refractivity contribution is 7.89. The molecule has 14 heteroatoms. The molecule has 2 aliphatic rings. The van der Waals surface area contributed by atoms with Crippen molar-refractivity contribution in [2.24, 2.45) is 0 Å². The third-order valence-electron chi connectivity index (χ3n) is 5.53. The Labute approximate surface area is 187 Å². The summed E-state index contributed by atoms with van der Waals surface area (Å²) >= 11 is 0. The molecule has 0 spiro atoms. The Morgan fingerprint density at radius 2 is 1.42 bits per heavy atom. The smallest absolute Gasteiger partial charge is 0.283 e. The lowest BCUT2D eigenvalue weighted by Crippen LogP contribution is -2.52. The van der Waals surface area contributed by atoms with E-state index >= 15 is 0 Å². The number of para-hydroxylation sites is 1. The van der Waals surface area contributed by atoms with Crippen LogP contribution in [0.15, 0.2) is 47.4 Å². The van der Waals surface area contributed by atoms with E-state index in [4.69, 9.17) is 0 Å². The molecule has 13 nitrogen and oxygen atoms in total. The molecule has 1 saturated heterocycles. The van der Waals surface area contributed by atoms with E-state index in [0.29, 0.717) is 0 Å². The Bertz CT molecular complexity index is 1290. The van der Waals surface area contributed by atoms with Crippen molar-refractivity contribution in [3.05, 3.63) is 73.8 Å². The summed E-state index contributed by atoms with van der Waals surface area (Å²) in [4.78, 5) is 48.5. The number of carbonyl (C=O) groups is 2. The molecule has 0 atom stereocenters. The predicted molar refractivity (Wildman–Crippen MR) is 112 cm³/mol. The Morgan fingerprint density at radius 3 is 2.06 bits per heavy atom. The number of imide groups is 1. The largest absolute Gasteiger partial charge is 0.289 e. The monoisotopic (exact) mass is 475 g/mol. The molecule has 1 fully saturated rings. The first-order chi connectivity index (χ1) is 15.6. The number of amides is 2. The predicted octanol–water partition coefficient (Wildman–Crippen LogP) is 1.06. The zero-order valence-electron chi connectivity index (χ0n) is 17.0. The van der Waals surface area contributed by atoms with Crippen LogP contribution in [-0.4, -0.2) is 77.0 Å². The molecule has 0 aromatic heterocycles. The van der Waals surface area contributed by atoms with Crippen LogP contribution < -0.4 is 0 Å². The van der Waals surface area contributed by atoms with Crippen molar-refractivity contribution in [3.8, 4) is 0 Å². The summed E-state index contributed by atoms with van der Waals surface area (Å²) in [6, 6.07) is 8.90. The second-order valence-electron chi connectivity index (χ2n) is 7.38. The van der Waals surface area contributed by atoms with Gasteiger partial charge >= 0.3 is 0 Å². The molecule has 0 radical (unpaired) electrons. The van der Waals surface area contributed by atoms with Crippen LogP contribution in [0.1, 0.15) is 20.7 Å². The zero-order chi connectivity index (χ0) is 23.9. The molecule has 0 bridgehead atoms. The minimum atomic E-state index is -4.13. The lowest BCUT2D eigenvalue weighted by atomic mass is 10.1. The molecule has 172 valence electrons. The number of nitro groups is 2. The maximum atomic E-state index is 12.9. The number of sulfonamides is 1. The first-order valence-corrected chi connectivity index (χ1v) is 11.2. The van der Waals surface area contributed by atoms with Crippen LogP contribution in [0.25, 0.3) is 0 Å². The second-order valence-corrected chi connectivity index (χ2v) is 9.29. The van der Waals surface area contributed by atoms with Crippen molar-refractivity contribution < 1.29 is 27.9 Å². The topological polar surface area (TPSA) is 164 Å². The highest BCUT2D eigenvalue weighted by Crippen LogP contribution is 2.31. The van der Waals surface area contributed by atoms with Gasteiger partial charge in [-0.2, -0.15) is 4.31 Å². The van der Waals surface area contributed by atoms with Gasteiger partial charge in [-0.15, -0.1) is 0 Å². The molecule has 0 aliphatic carbocycles. The van der Waals surface area contributed by atoms with Gasteiger partial charge in [-0.3, -0.25) is 39.6 Å². The van der Waals surface area contributed by atoms with Gasteiger partial charge in [0.2, 0.25) is 10.0 Å². The third-order valence-corrected chi connectivity index (χ3v) is 7.47. The number of hydrogen-bond donors (Lipinski definition) is 0.